The molecule has 0 heterocycles. The molecule has 1 aliphatic carbocycles. The number of rotatable bonds is 11. The number of hydrogen-bond acceptors (Lipinski definition) is 2. The smallest absolute Gasteiger partial charge is 0.252 e. The number of hydrogen-bond donors (Lipinski definition) is 2. The van der Waals surface area contributed by atoms with Gasteiger partial charge in [-0.25, -0.2) is 8.78 Å². The van der Waals surface area contributed by atoms with Crippen LogP contribution >= 0.6 is 0 Å². The number of benzene rings is 3. The van der Waals surface area contributed by atoms with E-state index in [1.54, 1.807) is 0 Å². The van der Waals surface area contributed by atoms with Crippen LogP contribution in [0.15, 0.2) is 72.3 Å². The molecule has 0 aromatic heterocycles. The topological polar surface area (TPSA) is 53.9 Å². The molecule has 3 aromatic carbocycles. The maximum Gasteiger partial charge on any atom is 0.252 e. The van der Waals surface area contributed by atoms with Crippen molar-refractivity contribution in [1.29, 1.82) is 0 Å². The molecule has 0 bridgehead atoms. The van der Waals surface area contributed by atoms with Crippen LogP contribution < -0.4 is 10.8 Å². The molecule has 200 valence electrons. The lowest BCUT2D eigenvalue weighted by molar-refractivity contribution is -0.136. The summed E-state index contributed by atoms with van der Waals surface area (Å²) in [4.78, 5) is 18.1. The zero-order valence-corrected chi connectivity index (χ0v) is 22.5. The highest BCUT2D eigenvalue weighted by Gasteiger charge is 2.36. The average molecular weight is 520 g/mol. The van der Waals surface area contributed by atoms with E-state index in [4.69, 9.17) is 0 Å². The first-order valence-corrected chi connectivity index (χ1v) is 13.3. The number of hydroxylamine groups is 1. The minimum absolute atomic E-state index is 0.0592. The van der Waals surface area contributed by atoms with Crippen LogP contribution in [0.1, 0.15) is 61.4 Å². The van der Waals surface area contributed by atoms with Crippen molar-refractivity contribution in [2.24, 2.45) is 11.8 Å². The average Bonchev–Trinajstić information content (AvgIpc) is 3.21. The summed E-state index contributed by atoms with van der Waals surface area (Å²) in [6.45, 7) is 9.99. The minimum atomic E-state index is -0.922. The summed E-state index contributed by atoms with van der Waals surface area (Å²) in [5.41, 5.74) is 9.86. The van der Waals surface area contributed by atoms with Crippen LogP contribution in [-0.2, 0) is 24.3 Å². The van der Waals surface area contributed by atoms with Crippen molar-refractivity contribution in [2.45, 2.75) is 53.1 Å². The molecular formula is C32H37F2N2O2+. The highest BCUT2D eigenvalue weighted by Crippen LogP contribution is 2.47. The molecular weight excluding hydrogens is 482 g/mol. The third-order valence-corrected chi connectivity index (χ3v) is 6.85. The van der Waals surface area contributed by atoms with E-state index in [2.05, 4.69) is 61.5 Å². The van der Waals surface area contributed by atoms with Gasteiger partial charge in [0.25, 0.3) is 5.91 Å². The largest absolute Gasteiger partial charge is 0.348 e. The Bertz CT molecular complexity index is 1300. The lowest BCUT2D eigenvalue weighted by atomic mass is 9.83. The predicted octanol–water partition coefficient (Wildman–Crippen LogP) is 6.22. The van der Waals surface area contributed by atoms with Crippen LogP contribution in [0.2, 0.25) is 0 Å². The van der Waals surface area contributed by atoms with Crippen LogP contribution in [0.4, 0.5) is 8.78 Å². The number of halogens is 2. The molecule has 0 aliphatic heterocycles. The Balaban J connectivity index is 1.65. The molecule has 4 rings (SSSR count). The fourth-order valence-corrected chi connectivity index (χ4v) is 5.06. The predicted molar refractivity (Wildman–Crippen MR) is 148 cm³/mol. The van der Waals surface area contributed by atoms with Gasteiger partial charge in [-0.3, -0.25) is 4.79 Å². The summed E-state index contributed by atoms with van der Waals surface area (Å²) >= 11 is 0. The van der Waals surface area contributed by atoms with Gasteiger partial charge in [0.15, 0.2) is 18.2 Å². The summed E-state index contributed by atoms with van der Waals surface area (Å²) < 4.78 is 27.1. The Hall–Kier alpha value is -3.35. The van der Waals surface area contributed by atoms with Gasteiger partial charge in [0.1, 0.15) is 0 Å². The molecule has 1 amide bonds. The molecule has 0 fully saturated rings. The third-order valence-electron chi connectivity index (χ3n) is 6.85. The summed E-state index contributed by atoms with van der Waals surface area (Å²) in [5.74, 6) is -1.34. The number of carbonyl (C=O) groups is 1. The van der Waals surface area contributed by atoms with Gasteiger partial charge in [-0.15, -0.1) is 0 Å². The Labute approximate surface area is 224 Å². The second-order valence-electron chi connectivity index (χ2n) is 10.6. The van der Waals surface area contributed by atoms with E-state index >= 15 is 0 Å². The van der Waals surface area contributed by atoms with Gasteiger partial charge in [-0.1, -0.05) is 87.8 Å². The first kappa shape index (κ1) is 27.7. The van der Waals surface area contributed by atoms with E-state index < -0.39 is 11.6 Å². The van der Waals surface area contributed by atoms with Gasteiger partial charge in [-0.05, 0) is 57.9 Å². The second-order valence-corrected chi connectivity index (χ2v) is 10.6. The Morgan fingerprint density at radius 1 is 0.868 bits per heavy atom. The van der Waals surface area contributed by atoms with Gasteiger partial charge < -0.3 is 10.2 Å². The number of nitrogens with one attached hydrogen (secondary N) is 2. The summed E-state index contributed by atoms with van der Waals surface area (Å²) in [7, 11) is 0. The van der Waals surface area contributed by atoms with Crippen molar-refractivity contribution < 1.29 is 18.4 Å². The molecule has 6 heteroatoms. The minimum Gasteiger partial charge on any atom is -0.348 e. The number of amides is 1. The van der Waals surface area contributed by atoms with Crippen LogP contribution in [-0.4, -0.2) is 17.4 Å². The Morgan fingerprint density at radius 2 is 1.58 bits per heavy atom. The monoisotopic (exact) mass is 519 g/mol. The SMILES string of the molecule is CC(C)C[OH+]NCc1ccc2c(c1)C(Cc1ccccc1)C(C(C)C)=C2C(=O)NCc1ccc(F)c(F)c1. The lowest BCUT2D eigenvalue weighted by Crippen LogP contribution is -2.25. The van der Waals surface area contributed by atoms with Crippen LogP contribution in [0, 0.1) is 23.5 Å². The van der Waals surface area contributed by atoms with Gasteiger partial charge in [0.2, 0.25) is 0 Å². The molecule has 4 nitrogen and oxygen atoms in total. The standard InChI is InChI=1S/C32H36F2N2O2/c1-20(2)19-38-36-18-23-10-12-25-26(15-23)27(14-22-8-6-5-7-9-22)30(21(3)4)31(25)32(37)35-17-24-11-13-28(33)29(34)16-24/h5-13,15-16,20-21,27,36H,14,17-19H2,1-4H3,(H,35,37)/p+1. The lowest BCUT2D eigenvalue weighted by Gasteiger charge is -2.21. The molecule has 3 aromatic rings. The summed E-state index contributed by atoms with van der Waals surface area (Å²) in [6.07, 6.45) is 0.788. The number of carbonyl (C=O) groups excluding carboxylic acids is 1. The normalized spacial score (nSPS) is 14.9. The van der Waals surface area contributed by atoms with Crippen molar-refractivity contribution >= 4 is 11.5 Å². The van der Waals surface area contributed by atoms with Gasteiger partial charge in [-0.2, -0.15) is 0 Å². The highest BCUT2D eigenvalue weighted by molar-refractivity contribution is 6.22. The van der Waals surface area contributed by atoms with E-state index in [1.165, 1.54) is 11.6 Å². The van der Waals surface area contributed by atoms with Gasteiger partial charge >= 0.3 is 0 Å². The summed E-state index contributed by atoms with van der Waals surface area (Å²) in [5, 5.41) is 2.95. The number of fused-ring (bicyclic) bond motifs is 1. The molecule has 38 heavy (non-hydrogen) atoms. The van der Waals surface area contributed by atoms with E-state index in [1.807, 2.05) is 30.3 Å². The number of allylic oxidation sites excluding steroid dienone is 1. The molecule has 1 aliphatic rings. The first-order chi connectivity index (χ1) is 18.2. The van der Waals surface area contributed by atoms with Crippen molar-refractivity contribution in [3.63, 3.8) is 0 Å². The second kappa shape index (κ2) is 12.5. The number of aliphatic hydroxyl groups is 1. The molecule has 1 unspecified atom stereocenters. The Kier molecular flexibility index (Phi) is 9.08. The van der Waals surface area contributed by atoms with Crippen LogP contribution in [0.5, 0.6) is 0 Å². The zero-order valence-electron chi connectivity index (χ0n) is 22.5. The molecule has 3 N–H and O–H groups in total. The van der Waals surface area contributed by atoms with Crippen LogP contribution in [0.25, 0.3) is 5.57 Å². The fourth-order valence-electron chi connectivity index (χ4n) is 5.06. The molecule has 1 atom stereocenters. The van der Waals surface area contributed by atoms with Crippen LogP contribution in [0.3, 0.4) is 0 Å². The van der Waals surface area contributed by atoms with Crippen molar-refractivity contribution in [2.75, 3.05) is 6.61 Å². The maximum atomic E-state index is 13.7. The maximum absolute atomic E-state index is 13.7. The Morgan fingerprint density at radius 3 is 2.26 bits per heavy atom. The quantitative estimate of drug-likeness (QED) is 0.180. The van der Waals surface area contributed by atoms with Crippen molar-refractivity contribution in [3.05, 3.63) is 112 Å². The first-order valence-electron chi connectivity index (χ1n) is 13.3. The van der Waals surface area contributed by atoms with Crippen molar-refractivity contribution in [3.8, 4) is 0 Å². The third kappa shape index (κ3) is 6.55. The van der Waals surface area contributed by atoms with Gasteiger partial charge in [0.05, 0.1) is 6.54 Å². The van der Waals surface area contributed by atoms with E-state index in [0.29, 0.717) is 23.6 Å². The van der Waals surface area contributed by atoms with Gasteiger partial charge in [0, 0.05) is 24.0 Å². The fraction of sp³-hybridized carbons (Fsp3) is 0.344. The van der Waals surface area contributed by atoms with E-state index in [-0.39, 0.29) is 24.3 Å². The summed E-state index contributed by atoms with van der Waals surface area (Å²) in [6, 6.07) is 20.3. The van der Waals surface area contributed by atoms with Crippen molar-refractivity contribution in [1.82, 2.24) is 10.8 Å². The van der Waals surface area contributed by atoms with E-state index in [0.717, 1.165) is 47.4 Å². The van der Waals surface area contributed by atoms with E-state index in [9.17, 15) is 13.6 Å². The molecule has 0 spiro atoms. The molecule has 0 radical (unpaired) electrons. The highest BCUT2D eigenvalue weighted by atomic mass is 19.2. The zero-order chi connectivity index (χ0) is 27.2. The molecule has 0 saturated carbocycles. The molecule has 0 saturated heterocycles.